The average molecular weight is 303 g/mol. The minimum Gasteiger partial charge on any atom is -0.338 e. The highest BCUT2D eigenvalue weighted by Crippen LogP contribution is 2.40. The van der Waals surface area contributed by atoms with E-state index in [9.17, 15) is 0 Å². The van der Waals surface area contributed by atoms with Crippen molar-refractivity contribution in [3.63, 3.8) is 0 Å². The first-order valence-electron chi connectivity index (χ1n) is 7.89. The second-order valence-electron chi connectivity index (χ2n) is 6.19. The molecule has 0 N–H and O–H groups in total. The first kappa shape index (κ1) is 14.6. The monoisotopic (exact) mass is 302 g/mol. The molecule has 1 heterocycles. The molecule has 0 bridgehead atoms. The lowest BCUT2D eigenvalue weighted by atomic mass is 9.76. The van der Waals surface area contributed by atoms with Gasteiger partial charge in [0.05, 0.1) is 0 Å². The Hall–Kier alpha value is -1.28. The molecule has 3 rings (SSSR count). The number of alkyl halides is 1. The maximum absolute atomic E-state index is 6.59. The van der Waals surface area contributed by atoms with Crippen molar-refractivity contribution in [1.29, 1.82) is 0 Å². The van der Waals surface area contributed by atoms with Crippen LogP contribution in [0.15, 0.2) is 42.7 Å². The molecule has 0 amide bonds. The number of rotatable bonds is 4. The molecule has 1 aromatic carbocycles. The molecule has 1 aromatic heterocycles. The molecule has 3 atom stereocenters. The van der Waals surface area contributed by atoms with Gasteiger partial charge in [0.1, 0.15) is 5.82 Å². The molecule has 3 unspecified atom stereocenters. The van der Waals surface area contributed by atoms with Crippen LogP contribution >= 0.6 is 11.6 Å². The Kier molecular flexibility index (Phi) is 4.64. The fraction of sp³-hybridized carbons (Fsp3) is 0.500. The molecule has 21 heavy (non-hydrogen) atoms. The van der Waals surface area contributed by atoms with Gasteiger partial charge in [-0.15, -0.1) is 11.6 Å². The van der Waals surface area contributed by atoms with E-state index >= 15 is 0 Å². The maximum atomic E-state index is 6.59. The molecule has 0 radical (unpaired) electrons. The van der Waals surface area contributed by atoms with Gasteiger partial charge in [0, 0.05) is 31.2 Å². The Morgan fingerprint density at radius 3 is 2.76 bits per heavy atom. The van der Waals surface area contributed by atoms with E-state index in [2.05, 4.69) is 46.9 Å². The summed E-state index contributed by atoms with van der Waals surface area (Å²) < 4.78 is 2.11. The van der Waals surface area contributed by atoms with Gasteiger partial charge in [-0.1, -0.05) is 30.3 Å². The van der Waals surface area contributed by atoms with Crippen LogP contribution in [0.5, 0.6) is 0 Å². The summed E-state index contributed by atoms with van der Waals surface area (Å²) in [5.74, 6) is 2.44. The molecule has 1 aliphatic carbocycles. The Morgan fingerprint density at radius 2 is 2.05 bits per heavy atom. The van der Waals surface area contributed by atoms with E-state index in [1.54, 1.807) is 0 Å². The minimum absolute atomic E-state index is 0.324. The maximum Gasteiger partial charge on any atom is 0.108 e. The van der Waals surface area contributed by atoms with Crippen LogP contribution in [-0.2, 0) is 13.5 Å². The normalized spacial score (nSPS) is 25.9. The lowest BCUT2D eigenvalue weighted by molar-refractivity contribution is 0.310. The molecule has 2 aromatic rings. The smallest absolute Gasteiger partial charge is 0.108 e. The fourth-order valence-corrected chi connectivity index (χ4v) is 3.86. The number of halogens is 1. The summed E-state index contributed by atoms with van der Waals surface area (Å²) in [7, 11) is 2.06. The Morgan fingerprint density at radius 1 is 1.24 bits per heavy atom. The predicted molar refractivity (Wildman–Crippen MR) is 87.7 cm³/mol. The number of aromatic nitrogens is 2. The summed E-state index contributed by atoms with van der Waals surface area (Å²) in [5.41, 5.74) is 1.48. The third-order valence-corrected chi connectivity index (χ3v) is 5.39. The zero-order chi connectivity index (χ0) is 14.7. The molecular formula is C18H23ClN2. The zero-order valence-corrected chi connectivity index (χ0v) is 13.3. The molecule has 0 spiro atoms. The van der Waals surface area contributed by atoms with Gasteiger partial charge in [0.15, 0.2) is 0 Å². The van der Waals surface area contributed by atoms with Gasteiger partial charge in [-0.05, 0) is 43.1 Å². The quantitative estimate of drug-likeness (QED) is 0.758. The van der Waals surface area contributed by atoms with E-state index in [0.29, 0.717) is 17.2 Å². The summed E-state index contributed by atoms with van der Waals surface area (Å²) in [6, 6.07) is 10.9. The molecule has 3 heteroatoms. The Balaban J connectivity index is 1.62. The van der Waals surface area contributed by atoms with Crippen LogP contribution in [0, 0.1) is 5.92 Å². The topological polar surface area (TPSA) is 17.8 Å². The van der Waals surface area contributed by atoms with Crippen LogP contribution in [-0.4, -0.2) is 14.9 Å². The predicted octanol–water partition coefficient (Wildman–Crippen LogP) is 4.54. The standard InChI is InChI=1S/C18H23ClN2/c1-21-12-11-20-18(21)10-8-16-13-15(7-9-17(16)19)14-5-3-2-4-6-14/h2-6,11-12,15-17H,7-10,13H2,1H3. The van der Waals surface area contributed by atoms with E-state index in [1.807, 2.05) is 12.4 Å². The van der Waals surface area contributed by atoms with E-state index < -0.39 is 0 Å². The van der Waals surface area contributed by atoms with Gasteiger partial charge >= 0.3 is 0 Å². The molecule has 1 saturated carbocycles. The summed E-state index contributed by atoms with van der Waals surface area (Å²) >= 11 is 6.59. The highest BCUT2D eigenvalue weighted by atomic mass is 35.5. The second kappa shape index (κ2) is 6.65. The van der Waals surface area contributed by atoms with Crippen molar-refractivity contribution in [2.24, 2.45) is 13.0 Å². The van der Waals surface area contributed by atoms with E-state index in [-0.39, 0.29) is 0 Å². The summed E-state index contributed by atoms with van der Waals surface area (Å²) in [6.45, 7) is 0. The molecule has 112 valence electrons. The largest absolute Gasteiger partial charge is 0.338 e. The van der Waals surface area contributed by atoms with Crippen molar-refractivity contribution in [3.8, 4) is 0 Å². The van der Waals surface area contributed by atoms with Crippen LogP contribution in [0.1, 0.15) is 43.0 Å². The van der Waals surface area contributed by atoms with Gasteiger partial charge in [-0.25, -0.2) is 4.98 Å². The van der Waals surface area contributed by atoms with Gasteiger partial charge < -0.3 is 4.57 Å². The highest BCUT2D eigenvalue weighted by Gasteiger charge is 2.29. The number of benzene rings is 1. The van der Waals surface area contributed by atoms with E-state index in [0.717, 1.165) is 19.3 Å². The first-order valence-corrected chi connectivity index (χ1v) is 8.33. The number of hydrogen-bond donors (Lipinski definition) is 0. The summed E-state index contributed by atoms with van der Waals surface area (Å²) in [5, 5.41) is 0.324. The summed E-state index contributed by atoms with van der Waals surface area (Å²) in [4.78, 5) is 4.42. The van der Waals surface area contributed by atoms with Crippen molar-refractivity contribution in [1.82, 2.24) is 9.55 Å². The molecule has 0 saturated heterocycles. The number of aryl methyl sites for hydroxylation is 2. The van der Waals surface area contributed by atoms with Gasteiger partial charge in [-0.3, -0.25) is 0 Å². The number of nitrogens with zero attached hydrogens (tertiary/aromatic N) is 2. The van der Waals surface area contributed by atoms with Crippen molar-refractivity contribution in [2.45, 2.75) is 43.4 Å². The Bertz CT molecular complexity index is 564. The third-order valence-electron chi connectivity index (χ3n) is 4.82. The Labute approximate surface area is 132 Å². The molecule has 0 aliphatic heterocycles. The first-order chi connectivity index (χ1) is 10.2. The highest BCUT2D eigenvalue weighted by molar-refractivity contribution is 6.20. The van der Waals surface area contributed by atoms with Crippen LogP contribution in [0.3, 0.4) is 0 Å². The zero-order valence-electron chi connectivity index (χ0n) is 12.6. The SMILES string of the molecule is Cn1ccnc1CCC1CC(c2ccccc2)CCC1Cl. The van der Waals surface area contributed by atoms with Crippen LogP contribution in [0.2, 0.25) is 0 Å². The van der Waals surface area contributed by atoms with Gasteiger partial charge in [-0.2, -0.15) is 0 Å². The molecule has 1 fully saturated rings. The van der Waals surface area contributed by atoms with Gasteiger partial charge in [0.2, 0.25) is 0 Å². The van der Waals surface area contributed by atoms with Crippen LogP contribution in [0.4, 0.5) is 0 Å². The number of imidazole rings is 1. The fourth-order valence-electron chi connectivity index (χ4n) is 3.51. The lowest BCUT2D eigenvalue weighted by Gasteiger charge is -2.33. The average Bonchev–Trinajstić information content (AvgIpc) is 2.93. The van der Waals surface area contributed by atoms with Crippen molar-refractivity contribution >= 4 is 11.6 Å². The minimum atomic E-state index is 0.324. The summed E-state index contributed by atoms with van der Waals surface area (Å²) in [6.07, 6.45) is 9.62. The van der Waals surface area contributed by atoms with Crippen LogP contribution in [0.25, 0.3) is 0 Å². The number of hydrogen-bond acceptors (Lipinski definition) is 1. The van der Waals surface area contributed by atoms with E-state index in [4.69, 9.17) is 11.6 Å². The van der Waals surface area contributed by atoms with E-state index in [1.165, 1.54) is 24.2 Å². The third kappa shape index (κ3) is 3.49. The second-order valence-corrected chi connectivity index (χ2v) is 6.75. The molecular weight excluding hydrogens is 280 g/mol. The van der Waals surface area contributed by atoms with Gasteiger partial charge in [0.25, 0.3) is 0 Å². The van der Waals surface area contributed by atoms with Crippen LogP contribution < -0.4 is 0 Å². The van der Waals surface area contributed by atoms with Crippen molar-refractivity contribution in [3.05, 3.63) is 54.1 Å². The lowest BCUT2D eigenvalue weighted by Crippen LogP contribution is -2.25. The van der Waals surface area contributed by atoms with Crippen molar-refractivity contribution in [2.75, 3.05) is 0 Å². The molecule has 2 nitrogen and oxygen atoms in total. The van der Waals surface area contributed by atoms with Crippen molar-refractivity contribution < 1.29 is 0 Å². The molecule has 1 aliphatic rings.